The Hall–Kier alpha value is -1.75. The summed E-state index contributed by atoms with van der Waals surface area (Å²) in [5.74, 6) is 6.29. The molecule has 0 saturated carbocycles. The molecule has 1 aromatic carbocycles. The molecule has 1 aliphatic rings. The van der Waals surface area contributed by atoms with E-state index >= 15 is 0 Å². The van der Waals surface area contributed by atoms with Crippen LogP contribution in [-0.2, 0) is 4.79 Å². The smallest absolute Gasteiger partial charge is 0.154 e. The predicted molar refractivity (Wildman–Crippen MR) is 74.5 cm³/mol. The molecule has 0 aliphatic carbocycles. The number of ketones is 1. The van der Waals surface area contributed by atoms with Crippen LogP contribution in [0, 0.1) is 17.3 Å². The van der Waals surface area contributed by atoms with Crippen LogP contribution in [0.1, 0.15) is 38.7 Å². The molecule has 0 aromatic heterocycles. The molecule has 2 heteroatoms. The van der Waals surface area contributed by atoms with Crippen LogP contribution >= 0.6 is 0 Å². The third kappa shape index (κ3) is 2.92. The van der Waals surface area contributed by atoms with Crippen LogP contribution in [0.25, 0.3) is 0 Å². The van der Waals surface area contributed by atoms with Crippen molar-refractivity contribution in [2.24, 2.45) is 5.41 Å². The summed E-state index contributed by atoms with van der Waals surface area (Å²) in [5.41, 5.74) is 2.16. The van der Waals surface area contributed by atoms with Gasteiger partial charge in [-0.3, -0.25) is 4.79 Å². The number of hydrogen-bond donors (Lipinski definition) is 1. The van der Waals surface area contributed by atoms with Gasteiger partial charge in [0.2, 0.25) is 0 Å². The Labute approximate surface area is 109 Å². The second-order valence-electron chi connectivity index (χ2n) is 5.72. The van der Waals surface area contributed by atoms with E-state index in [-0.39, 0.29) is 17.1 Å². The predicted octanol–water partition coefficient (Wildman–Crippen LogP) is 3.20. The van der Waals surface area contributed by atoms with Crippen molar-refractivity contribution < 1.29 is 4.79 Å². The van der Waals surface area contributed by atoms with E-state index in [2.05, 4.69) is 37.9 Å². The van der Waals surface area contributed by atoms with Gasteiger partial charge >= 0.3 is 0 Å². The normalized spacial score (nSPS) is 17.4. The number of rotatable bonds is 2. The third-order valence-corrected chi connectivity index (χ3v) is 2.95. The van der Waals surface area contributed by atoms with E-state index in [4.69, 9.17) is 0 Å². The van der Waals surface area contributed by atoms with Gasteiger partial charge in [-0.1, -0.05) is 30.0 Å². The molecule has 1 aliphatic heterocycles. The highest BCUT2D eigenvalue weighted by Crippen LogP contribution is 2.32. The molecule has 1 heterocycles. The van der Waals surface area contributed by atoms with Crippen LogP contribution in [0.15, 0.2) is 24.3 Å². The van der Waals surface area contributed by atoms with Crippen LogP contribution in [0.3, 0.4) is 0 Å². The van der Waals surface area contributed by atoms with Gasteiger partial charge < -0.3 is 5.32 Å². The maximum Gasteiger partial charge on any atom is 0.154 e. The molecule has 1 N–H and O–H groups in total. The number of hydrogen-bond acceptors (Lipinski definition) is 2. The summed E-state index contributed by atoms with van der Waals surface area (Å²) in [6, 6.07) is 8.00. The molecular formula is C16H19NO. The van der Waals surface area contributed by atoms with Gasteiger partial charge in [0, 0.05) is 17.6 Å². The highest BCUT2D eigenvalue weighted by molar-refractivity contribution is 5.91. The average Bonchev–Trinajstić information content (AvgIpc) is 2.70. The molecular weight excluding hydrogens is 222 g/mol. The summed E-state index contributed by atoms with van der Waals surface area (Å²) in [7, 11) is 0. The second kappa shape index (κ2) is 4.86. The number of Topliss-reactive ketones (excluding diaryl/α,β-unsaturated/α-hetero) is 1. The van der Waals surface area contributed by atoms with E-state index < -0.39 is 0 Å². The maximum absolute atomic E-state index is 12.2. The SMILES string of the molecule is CC(C)(C)C#CCC(=O)C1CNc2ccccc21. The van der Waals surface area contributed by atoms with Crippen molar-refractivity contribution in [2.75, 3.05) is 11.9 Å². The van der Waals surface area contributed by atoms with E-state index in [1.807, 2.05) is 24.3 Å². The zero-order chi connectivity index (χ0) is 13.2. The fourth-order valence-corrected chi connectivity index (χ4v) is 2.09. The van der Waals surface area contributed by atoms with Crippen LogP contribution in [-0.4, -0.2) is 12.3 Å². The van der Waals surface area contributed by atoms with Crippen molar-refractivity contribution in [3.05, 3.63) is 29.8 Å². The first-order valence-corrected chi connectivity index (χ1v) is 6.33. The first kappa shape index (κ1) is 12.7. The zero-order valence-electron chi connectivity index (χ0n) is 11.2. The fraction of sp³-hybridized carbons (Fsp3) is 0.438. The molecule has 94 valence electrons. The first-order valence-electron chi connectivity index (χ1n) is 6.33. The van der Waals surface area contributed by atoms with Gasteiger partial charge in [-0.15, -0.1) is 0 Å². The summed E-state index contributed by atoms with van der Waals surface area (Å²) in [4.78, 5) is 12.2. The molecule has 0 fully saturated rings. The van der Waals surface area contributed by atoms with Crippen LogP contribution < -0.4 is 5.32 Å². The molecule has 1 aromatic rings. The Morgan fingerprint density at radius 3 is 2.83 bits per heavy atom. The molecule has 0 radical (unpaired) electrons. The van der Waals surface area contributed by atoms with Gasteiger partial charge in [-0.2, -0.15) is 0 Å². The maximum atomic E-state index is 12.2. The summed E-state index contributed by atoms with van der Waals surface area (Å²) in [5, 5.41) is 3.27. The van der Waals surface area contributed by atoms with Crippen molar-refractivity contribution in [3.8, 4) is 11.8 Å². The van der Waals surface area contributed by atoms with E-state index in [9.17, 15) is 4.79 Å². The van der Waals surface area contributed by atoms with Gasteiger partial charge in [0.1, 0.15) is 0 Å². The summed E-state index contributed by atoms with van der Waals surface area (Å²) < 4.78 is 0. The summed E-state index contributed by atoms with van der Waals surface area (Å²) in [6.07, 6.45) is 0.345. The molecule has 2 nitrogen and oxygen atoms in total. The number of nitrogens with one attached hydrogen (secondary N) is 1. The Morgan fingerprint density at radius 2 is 2.11 bits per heavy atom. The number of carbonyl (C=O) groups is 1. The van der Waals surface area contributed by atoms with Gasteiger partial charge in [0.25, 0.3) is 0 Å². The third-order valence-electron chi connectivity index (χ3n) is 2.95. The zero-order valence-corrected chi connectivity index (χ0v) is 11.2. The molecule has 0 bridgehead atoms. The van der Waals surface area contributed by atoms with Gasteiger partial charge in [0.05, 0.1) is 12.3 Å². The molecule has 1 atom stereocenters. The Morgan fingerprint density at radius 1 is 1.39 bits per heavy atom. The Balaban J connectivity index is 2.06. The highest BCUT2D eigenvalue weighted by Gasteiger charge is 2.27. The molecule has 0 amide bonds. The van der Waals surface area contributed by atoms with Crippen LogP contribution in [0.5, 0.6) is 0 Å². The van der Waals surface area contributed by atoms with Crippen LogP contribution in [0.2, 0.25) is 0 Å². The van der Waals surface area contributed by atoms with Gasteiger partial charge in [-0.25, -0.2) is 0 Å². The second-order valence-corrected chi connectivity index (χ2v) is 5.72. The van der Waals surface area contributed by atoms with E-state index in [0.29, 0.717) is 13.0 Å². The highest BCUT2D eigenvalue weighted by atomic mass is 16.1. The summed E-state index contributed by atoms with van der Waals surface area (Å²) >= 11 is 0. The largest absolute Gasteiger partial charge is 0.384 e. The topological polar surface area (TPSA) is 29.1 Å². The molecule has 0 spiro atoms. The minimum absolute atomic E-state index is 0.0320. The van der Waals surface area contributed by atoms with E-state index in [1.54, 1.807) is 0 Å². The monoisotopic (exact) mass is 241 g/mol. The minimum atomic E-state index is -0.0356. The number of para-hydroxylation sites is 1. The number of carbonyl (C=O) groups excluding carboxylic acids is 1. The van der Waals surface area contributed by atoms with Gasteiger partial charge in [-0.05, 0) is 32.4 Å². The van der Waals surface area contributed by atoms with Crippen molar-refractivity contribution >= 4 is 11.5 Å². The lowest BCUT2D eigenvalue weighted by molar-refractivity contribution is -0.119. The fourth-order valence-electron chi connectivity index (χ4n) is 2.09. The van der Waals surface area contributed by atoms with Crippen molar-refractivity contribution in [1.29, 1.82) is 0 Å². The average molecular weight is 241 g/mol. The lowest BCUT2D eigenvalue weighted by Crippen LogP contribution is -2.14. The lowest BCUT2D eigenvalue weighted by atomic mass is 9.94. The molecule has 0 saturated heterocycles. The van der Waals surface area contributed by atoms with E-state index in [1.165, 1.54) is 0 Å². The summed E-state index contributed by atoms with van der Waals surface area (Å²) in [6.45, 7) is 6.86. The van der Waals surface area contributed by atoms with Crippen LogP contribution in [0.4, 0.5) is 5.69 Å². The number of anilines is 1. The molecule has 18 heavy (non-hydrogen) atoms. The van der Waals surface area contributed by atoms with Crippen molar-refractivity contribution in [2.45, 2.75) is 33.1 Å². The lowest BCUT2D eigenvalue weighted by Gasteiger charge is -2.08. The molecule has 2 rings (SSSR count). The quantitative estimate of drug-likeness (QED) is 0.806. The minimum Gasteiger partial charge on any atom is -0.384 e. The number of fused-ring (bicyclic) bond motifs is 1. The first-order chi connectivity index (χ1) is 8.47. The van der Waals surface area contributed by atoms with Crippen molar-refractivity contribution in [1.82, 2.24) is 0 Å². The van der Waals surface area contributed by atoms with E-state index in [0.717, 1.165) is 11.3 Å². The van der Waals surface area contributed by atoms with Gasteiger partial charge in [0.15, 0.2) is 5.78 Å². The Bertz CT molecular complexity index is 514. The molecule has 1 unspecified atom stereocenters. The number of benzene rings is 1. The van der Waals surface area contributed by atoms with Crippen molar-refractivity contribution in [3.63, 3.8) is 0 Å². The standard InChI is InChI=1S/C16H19NO/c1-16(2,3)10-6-9-15(18)13-11-17-14-8-5-4-7-12(13)14/h4-5,7-8,13,17H,9,11H2,1-3H3. The Kier molecular flexibility index (Phi) is 3.43.